The first-order valence-corrected chi connectivity index (χ1v) is 7.10. The van der Waals surface area contributed by atoms with Crippen molar-refractivity contribution in [2.24, 2.45) is 4.99 Å². The van der Waals surface area contributed by atoms with Crippen LogP contribution in [-0.4, -0.2) is 17.8 Å². The first kappa shape index (κ1) is 12.7. The van der Waals surface area contributed by atoms with Crippen LogP contribution in [0.25, 0.3) is 0 Å². The molecular formula is C15H16ClNO2. The lowest BCUT2D eigenvalue weighted by atomic mass is 9.74. The number of carbonyl (C=O) groups excluding carboxylic acids is 1. The number of benzene rings is 1. The van der Waals surface area contributed by atoms with Gasteiger partial charge >= 0.3 is 0 Å². The van der Waals surface area contributed by atoms with Crippen molar-refractivity contribution in [1.29, 1.82) is 0 Å². The summed E-state index contributed by atoms with van der Waals surface area (Å²) < 4.78 is 5.66. The van der Waals surface area contributed by atoms with E-state index in [-0.39, 0.29) is 11.9 Å². The van der Waals surface area contributed by atoms with Gasteiger partial charge in [0.25, 0.3) is 0 Å². The van der Waals surface area contributed by atoms with Crippen molar-refractivity contribution >= 4 is 23.3 Å². The van der Waals surface area contributed by atoms with E-state index in [4.69, 9.17) is 16.3 Å². The van der Waals surface area contributed by atoms with Gasteiger partial charge in [-0.2, -0.15) is 0 Å². The Balaban J connectivity index is 2.18. The van der Waals surface area contributed by atoms with Crippen LogP contribution in [0, 0.1) is 0 Å². The number of carbonyl (C=O) groups is 1. The summed E-state index contributed by atoms with van der Waals surface area (Å²) >= 11 is 6.29. The number of hydrogen-bond donors (Lipinski definition) is 0. The third-order valence-corrected chi connectivity index (χ3v) is 4.25. The average Bonchev–Trinajstić information content (AvgIpc) is 2.40. The lowest BCUT2D eigenvalue weighted by Crippen LogP contribution is -2.51. The predicted octanol–water partition coefficient (Wildman–Crippen LogP) is 3.50. The van der Waals surface area contributed by atoms with Gasteiger partial charge in [-0.1, -0.05) is 36.7 Å². The monoisotopic (exact) mass is 277 g/mol. The summed E-state index contributed by atoms with van der Waals surface area (Å²) in [5.74, 6) is 0.730. The smallest absolute Gasteiger partial charge is 0.205 e. The fourth-order valence-electron chi connectivity index (χ4n) is 2.98. The van der Waals surface area contributed by atoms with E-state index in [0.29, 0.717) is 17.3 Å². The Morgan fingerprint density at radius 2 is 2.26 bits per heavy atom. The minimum atomic E-state index is -0.815. The molecule has 0 saturated heterocycles. The van der Waals surface area contributed by atoms with E-state index in [1.165, 1.54) is 0 Å². The molecule has 3 rings (SSSR count). The zero-order valence-corrected chi connectivity index (χ0v) is 11.6. The molecule has 1 aliphatic heterocycles. The molecule has 0 N–H and O–H groups in total. The number of aliphatic imine (C=N–C) groups is 1. The van der Waals surface area contributed by atoms with Crippen LogP contribution in [0.5, 0.6) is 0 Å². The van der Waals surface area contributed by atoms with E-state index in [9.17, 15) is 4.79 Å². The molecular weight excluding hydrogens is 262 g/mol. The molecule has 19 heavy (non-hydrogen) atoms. The standard InChI is InChI=1S/C15H16ClNO2/c1-2-13-17-15(10-6-3-4-7-11(10)16)9-5-8-12(19-13)14(15)18/h3-4,6-7,12H,2,5,8-9H2,1H3/t12-,15?/m0/s1. The van der Waals surface area contributed by atoms with Crippen LogP contribution in [0.15, 0.2) is 29.3 Å². The molecule has 1 aliphatic carbocycles. The maximum atomic E-state index is 12.7. The van der Waals surface area contributed by atoms with Gasteiger partial charge < -0.3 is 4.74 Å². The van der Waals surface area contributed by atoms with E-state index >= 15 is 0 Å². The first-order valence-electron chi connectivity index (χ1n) is 6.72. The van der Waals surface area contributed by atoms with Gasteiger partial charge in [0.15, 0.2) is 17.5 Å². The predicted molar refractivity (Wildman–Crippen MR) is 74.6 cm³/mol. The van der Waals surface area contributed by atoms with Crippen molar-refractivity contribution in [1.82, 2.24) is 0 Å². The van der Waals surface area contributed by atoms with Crippen LogP contribution >= 0.6 is 11.6 Å². The lowest BCUT2D eigenvalue weighted by Gasteiger charge is -2.41. The number of ketones is 1. The summed E-state index contributed by atoms with van der Waals surface area (Å²) in [5, 5.41) is 0.609. The fourth-order valence-corrected chi connectivity index (χ4v) is 3.27. The highest BCUT2D eigenvalue weighted by Crippen LogP contribution is 2.44. The zero-order valence-electron chi connectivity index (χ0n) is 10.9. The lowest BCUT2D eigenvalue weighted by molar-refractivity contribution is -0.137. The molecule has 1 aromatic carbocycles. The number of ether oxygens (including phenoxy) is 1. The number of rotatable bonds is 2. The minimum absolute atomic E-state index is 0.0593. The number of fused-ring (bicyclic) bond motifs is 2. The molecule has 0 aromatic heterocycles. The Kier molecular flexibility index (Phi) is 3.09. The summed E-state index contributed by atoms with van der Waals surface area (Å²) in [5.41, 5.74) is 0.00539. The van der Waals surface area contributed by atoms with Crippen molar-refractivity contribution in [3.8, 4) is 0 Å². The van der Waals surface area contributed by atoms with Crippen molar-refractivity contribution < 1.29 is 9.53 Å². The third kappa shape index (κ3) is 1.88. The van der Waals surface area contributed by atoms with Gasteiger partial charge in [0.05, 0.1) is 0 Å². The zero-order chi connectivity index (χ0) is 13.5. The number of Topliss-reactive ketones (excluding diaryl/α,β-unsaturated/α-hetero) is 1. The normalized spacial score (nSPS) is 29.7. The highest BCUT2D eigenvalue weighted by molar-refractivity contribution is 6.32. The maximum absolute atomic E-state index is 12.7. The summed E-state index contributed by atoms with van der Waals surface area (Å²) in [6.07, 6.45) is 2.79. The number of hydrogen-bond acceptors (Lipinski definition) is 3. The van der Waals surface area contributed by atoms with Crippen molar-refractivity contribution in [3.63, 3.8) is 0 Å². The Bertz CT molecular complexity index is 555. The van der Waals surface area contributed by atoms with Crippen molar-refractivity contribution in [3.05, 3.63) is 34.9 Å². The van der Waals surface area contributed by atoms with E-state index in [1.54, 1.807) is 0 Å². The molecule has 2 aliphatic rings. The van der Waals surface area contributed by atoms with Gasteiger partial charge in [-0.3, -0.25) is 4.79 Å². The van der Waals surface area contributed by atoms with Crippen molar-refractivity contribution in [2.45, 2.75) is 44.2 Å². The largest absolute Gasteiger partial charge is 0.470 e. The van der Waals surface area contributed by atoms with Gasteiger partial charge in [-0.15, -0.1) is 0 Å². The average molecular weight is 278 g/mol. The molecule has 1 aromatic rings. The molecule has 2 atom stereocenters. The molecule has 1 unspecified atom stereocenters. The van der Waals surface area contributed by atoms with E-state index in [0.717, 1.165) is 24.8 Å². The summed E-state index contributed by atoms with van der Waals surface area (Å²) in [6.45, 7) is 1.99. The summed E-state index contributed by atoms with van der Waals surface area (Å²) in [4.78, 5) is 17.3. The van der Waals surface area contributed by atoms with Crippen LogP contribution < -0.4 is 0 Å². The SMILES string of the molecule is CCC1=NC2(c3ccccc3Cl)CCC[C@H](O1)C2=O. The quantitative estimate of drug-likeness (QED) is 0.830. The second kappa shape index (κ2) is 4.64. The summed E-state index contributed by atoms with van der Waals surface area (Å²) in [6, 6.07) is 7.50. The van der Waals surface area contributed by atoms with Crippen LogP contribution in [0.4, 0.5) is 0 Å². The minimum Gasteiger partial charge on any atom is -0.470 e. The molecule has 3 nitrogen and oxygen atoms in total. The van der Waals surface area contributed by atoms with E-state index in [2.05, 4.69) is 4.99 Å². The molecule has 4 heteroatoms. The van der Waals surface area contributed by atoms with Gasteiger partial charge in [0.2, 0.25) is 5.78 Å². The van der Waals surface area contributed by atoms with Crippen LogP contribution in [0.2, 0.25) is 5.02 Å². The molecule has 1 heterocycles. The van der Waals surface area contributed by atoms with Crippen LogP contribution in [0.1, 0.15) is 38.2 Å². The van der Waals surface area contributed by atoms with Crippen molar-refractivity contribution in [2.75, 3.05) is 0 Å². The topological polar surface area (TPSA) is 38.7 Å². The van der Waals surface area contributed by atoms with E-state index in [1.807, 2.05) is 31.2 Å². The van der Waals surface area contributed by atoms with Gasteiger partial charge in [0, 0.05) is 17.0 Å². The van der Waals surface area contributed by atoms with Crippen LogP contribution in [0.3, 0.4) is 0 Å². The Morgan fingerprint density at radius 1 is 1.47 bits per heavy atom. The maximum Gasteiger partial charge on any atom is 0.205 e. The Labute approximate surface area is 117 Å². The van der Waals surface area contributed by atoms with Gasteiger partial charge in [-0.25, -0.2) is 4.99 Å². The Morgan fingerprint density at radius 3 is 3.00 bits per heavy atom. The molecule has 1 saturated carbocycles. The third-order valence-electron chi connectivity index (χ3n) is 3.92. The first-order chi connectivity index (χ1) is 9.17. The molecule has 2 bridgehead atoms. The number of nitrogens with zero attached hydrogens (tertiary/aromatic N) is 1. The number of halogens is 1. The molecule has 100 valence electrons. The van der Waals surface area contributed by atoms with Crippen LogP contribution in [-0.2, 0) is 15.1 Å². The van der Waals surface area contributed by atoms with Gasteiger partial charge in [0.1, 0.15) is 0 Å². The summed E-state index contributed by atoms with van der Waals surface area (Å²) in [7, 11) is 0. The van der Waals surface area contributed by atoms with E-state index < -0.39 is 5.54 Å². The highest BCUT2D eigenvalue weighted by Gasteiger charge is 2.51. The molecule has 1 fully saturated rings. The Hall–Kier alpha value is -1.35. The molecule has 0 amide bonds. The second-order valence-electron chi connectivity index (χ2n) is 5.06. The van der Waals surface area contributed by atoms with Gasteiger partial charge in [-0.05, 0) is 25.3 Å². The molecule has 0 spiro atoms. The highest BCUT2D eigenvalue weighted by atomic mass is 35.5. The second-order valence-corrected chi connectivity index (χ2v) is 5.47. The fraction of sp³-hybridized carbons (Fsp3) is 0.467. The molecule has 0 radical (unpaired) electrons.